The smallest absolute Gasteiger partial charge is 0.307 e. The normalized spacial score (nSPS) is 9.71. The number of para-hydroxylation sites is 2. The number of hydrogen-bond donors (Lipinski definition) is 2. The molecule has 0 fully saturated rings. The Morgan fingerprint density at radius 2 is 1.82 bits per heavy atom. The van der Waals surface area contributed by atoms with Crippen LogP contribution in [0.3, 0.4) is 0 Å². The quantitative estimate of drug-likeness (QED) is 0.807. The molecule has 2 amide bonds. The minimum Gasteiger partial charge on any atom is -0.307 e. The molecule has 17 heavy (non-hydrogen) atoms. The molecule has 0 unspecified atom stereocenters. The predicted octanol–water partition coefficient (Wildman–Crippen LogP) is 3.44. The van der Waals surface area contributed by atoms with E-state index in [0.717, 1.165) is 11.3 Å². The van der Waals surface area contributed by atoms with Crippen molar-refractivity contribution >= 4 is 17.4 Å². The highest BCUT2D eigenvalue weighted by molar-refractivity contribution is 6.00. The number of amides is 2. The number of urea groups is 1. The molecule has 0 heterocycles. The van der Waals surface area contributed by atoms with Crippen LogP contribution in [-0.4, -0.2) is 6.03 Å². The van der Waals surface area contributed by atoms with Gasteiger partial charge in [-0.25, -0.2) is 4.79 Å². The maximum absolute atomic E-state index is 11.7. The highest BCUT2D eigenvalue weighted by Gasteiger charge is 2.03. The van der Waals surface area contributed by atoms with E-state index in [1.165, 1.54) is 0 Å². The molecule has 0 aliphatic carbocycles. The zero-order valence-corrected chi connectivity index (χ0v) is 9.53. The van der Waals surface area contributed by atoms with Gasteiger partial charge >= 0.3 is 6.03 Å². The summed E-state index contributed by atoms with van der Waals surface area (Å²) in [5.41, 5.74) is 2.49. The standard InChI is InChI=1S/C14H13N2O/c1-11-7-5-6-10-13(11)16-14(17)15-12-8-3-2-4-9-12/h2-8,10H,1H3,(H2,15,16,17). The van der Waals surface area contributed by atoms with Crippen LogP contribution < -0.4 is 10.6 Å². The number of carbonyl (C=O) groups is 1. The van der Waals surface area contributed by atoms with E-state index in [0.29, 0.717) is 5.69 Å². The molecule has 2 rings (SSSR count). The highest BCUT2D eigenvalue weighted by atomic mass is 16.2. The summed E-state index contributed by atoms with van der Waals surface area (Å²) in [7, 11) is 0. The minimum absolute atomic E-state index is 0.262. The van der Waals surface area contributed by atoms with Gasteiger partial charge in [0, 0.05) is 11.8 Å². The van der Waals surface area contributed by atoms with Crippen LogP contribution >= 0.6 is 0 Å². The van der Waals surface area contributed by atoms with Crippen LogP contribution in [0, 0.1) is 13.0 Å². The largest absolute Gasteiger partial charge is 0.323 e. The van der Waals surface area contributed by atoms with Crippen LogP contribution in [0.15, 0.2) is 48.5 Å². The molecule has 2 aromatic rings. The first-order valence-corrected chi connectivity index (χ1v) is 5.36. The number of rotatable bonds is 2. The second-order valence-electron chi connectivity index (χ2n) is 3.67. The Morgan fingerprint density at radius 1 is 1.06 bits per heavy atom. The molecule has 0 aliphatic rings. The predicted molar refractivity (Wildman–Crippen MR) is 69.1 cm³/mol. The first-order chi connectivity index (χ1) is 8.25. The zero-order valence-electron chi connectivity index (χ0n) is 9.53. The minimum atomic E-state index is -0.262. The number of nitrogens with one attached hydrogen (secondary N) is 2. The van der Waals surface area contributed by atoms with Gasteiger partial charge in [0.2, 0.25) is 0 Å². The van der Waals surface area contributed by atoms with Gasteiger partial charge in [-0.3, -0.25) is 0 Å². The second-order valence-corrected chi connectivity index (χ2v) is 3.67. The summed E-state index contributed by atoms with van der Waals surface area (Å²) in [5, 5.41) is 5.50. The Kier molecular flexibility index (Phi) is 3.40. The summed E-state index contributed by atoms with van der Waals surface area (Å²) >= 11 is 0. The van der Waals surface area contributed by atoms with Crippen molar-refractivity contribution in [3.8, 4) is 0 Å². The van der Waals surface area contributed by atoms with Gasteiger partial charge in [-0.2, -0.15) is 0 Å². The fourth-order valence-electron chi connectivity index (χ4n) is 1.46. The molecule has 0 atom stereocenters. The zero-order chi connectivity index (χ0) is 12.1. The molecule has 2 N–H and O–H groups in total. The third kappa shape index (κ3) is 3.08. The van der Waals surface area contributed by atoms with Crippen molar-refractivity contribution in [2.75, 3.05) is 10.6 Å². The van der Waals surface area contributed by atoms with Crippen LogP contribution in [-0.2, 0) is 0 Å². The van der Waals surface area contributed by atoms with E-state index in [4.69, 9.17) is 0 Å². The number of hydrogen-bond acceptors (Lipinski definition) is 1. The van der Waals surface area contributed by atoms with Gasteiger partial charge in [-0.15, -0.1) is 0 Å². The number of aryl methyl sites for hydroxylation is 1. The fraction of sp³-hybridized carbons (Fsp3) is 0.0714. The van der Waals surface area contributed by atoms with Crippen LogP contribution in [0.4, 0.5) is 16.2 Å². The van der Waals surface area contributed by atoms with E-state index in [1.54, 1.807) is 12.1 Å². The molecule has 1 radical (unpaired) electrons. The Balaban J connectivity index is 2.01. The first kappa shape index (κ1) is 11.2. The maximum Gasteiger partial charge on any atom is 0.323 e. The molecule has 85 valence electrons. The number of anilines is 2. The Hall–Kier alpha value is -2.29. The average molecular weight is 225 g/mol. The van der Waals surface area contributed by atoms with Gasteiger partial charge in [0.15, 0.2) is 0 Å². The van der Waals surface area contributed by atoms with Crippen molar-refractivity contribution in [1.82, 2.24) is 0 Å². The molecule has 0 saturated carbocycles. The lowest BCUT2D eigenvalue weighted by Crippen LogP contribution is -2.19. The van der Waals surface area contributed by atoms with E-state index in [9.17, 15) is 4.79 Å². The third-order valence-corrected chi connectivity index (χ3v) is 2.35. The lowest BCUT2D eigenvalue weighted by molar-refractivity contribution is 0.262. The van der Waals surface area contributed by atoms with E-state index in [-0.39, 0.29) is 6.03 Å². The van der Waals surface area contributed by atoms with Crippen molar-refractivity contribution in [2.45, 2.75) is 6.92 Å². The molecule has 0 aromatic heterocycles. The van der Waals surface area contributed by atoms with E-state index < -0.39 is 0 Å². The summed E-state index contributed by atoms with van der Waals surface area (Å²) in [6.07, 6.45) is 0. The van der Waals surface area contributed by atoms with Crippen molar-refractivity contribution in [2.24, 2.45) is 0 Å². The van der Waals surface area contributed by atoms with Gasteiger partial charge < -0.3 is 10.6 Å². The Morgan fingerprint density at radius 3 is 2.53 bits per heavy atom. The lowest BCUT2D eigenvalue weighted by Gasteiger charge is -2.09. The molecule has 0 bridgehead atoms. The van der Waals surface area contributed by atoms with Crippen molar-refractivity contribution in [3.05, 3.63) is 60.2 Å². The molecule has 3 heteroatoms. The molecular formula is C14H13N2O. The SMILES string of the molecule is Cc1ccccc1NC(=O)Nc1[c]cccc1. The van der Waals surface area contributed by atoms with Crippen molar-refractivity contribution in [3.63, 3.8) is 0 Å². The summed E-state index contributed by atoms with van der Waals surface area (Å²) in [5.74, 6) is 0. The molecule has 0 saturated heterocycles. The Labute approximate surface area is 100 Å². The van der Waals surface area contributed by atoms with Gasteiger partial charge in [-0.1, -0.05) is 36.4 Å². The topological polar surface area (TPSA) is 41.1 Å². The van der Waals surface area contributed by atoms with Crippen molar-refractivity contribution in [1.29, 1.82) is 0 Å². The maximum atomic E-state index is 11.7. The number of benzene rings is 2. The third-order valence-electron chi connectivity index (χ3n) is 2.35. The van der Waals surface area contributed by atoms with Crippen LogP contribution in [0.1, 0.15) is 5.56 Å². The second kappa shape index (κ2) is 5.16. The lowest BCUT2D eigenvalue weighted by atomic mass is 10.2. The van der Waals surface area contributed by atoms with Gasteiger partial charge in [0.1, 0.15) is 0 Å². The van der Waals surface area contributed by atoms with Crippen molar-refractivity contribution < 1.29 is 4.79 Å². The summed E-state index contributed by atoms with van der Waals surface area (Å²) in [6.45, 7) is 1.95. The highest BCUT2D eigenvalue weighted by Crippen LogP contribution is 2.13. The molecule has 2 aromatic carbocycles. The van der Waals surface area contributed by atoms with E-state index in [1.807, 2.05) is 43.3 Å². The van der Waals surface area contributed by atoms with Crippen LogP contribution in [0.5, 0.6) is 0 Å². The summed E-state index contributed by atoms with van der Waals surface area (Å²) in [4.78, 5) is 11.7. The van der Waals surface area contributed by atoms with E-state index in [2.05, 4.69) is 16.7 Å². The van der Waals surface area contributed by atoms with Gasteiger partial charge in [0.25, 0.3) is 0 Å². The summed E-state index contributed by atoms with van der Waals surface area (Å²) < 4.78 is 0. The summed E-state index contributed by atoms with van der Waals surface area (Å²) in [6, 6.07) is 17.5. The Bertz CT molecular complexity index is 509. The average Bonchev–Trinajstić information content (AvgIpc) is 2.33. The molecule has 3 nitrogen and oxygen atoms in total. The van der Waals surface area contributed by atoms with Gasteiger partial charge in [-0.05, 0) is 24.6 Å². The fourth-order valence-corrected chi connectivity index (χ4v) is 1.46. The van der Waals surface area contributed by atoms with Crippen LogP contribution in [0.2, 0.25) is 0 Å². The monoisotopic (exact) mass is 225 g/mol. The molecule has 0 aliphatic heterocycles. The van der Waals surface area contributed by atoms with Gasteiger partial charge in [0.05, 0.1) is 5.69 Å². The van der Waals surface area contributed by atoms with Crippen LogP contribution in [0.25, 0.3) is 0 Å². The molecule has 0 spiro atoms. The van der Waals surface area contributed by atoms with E-state index >= 15 is 0 Å². The first-order valence-electron chi connectivity index (χ1n) is 5.36. The number of carbonyl (C=O) groups excluding carboxylic acids is 1. The molecular weight excluding hydrogens is 212 g/mol.